The maximum atomic E-state index is 13.1. The van der Waals surface area contributed by atoms with Crippen LogP contribution in [0.1, 0.15) is 40.5 Å². The summed E-state index contributed by atoms with van der Waals surface area (Å²) in [4.78, 5) is 25.7. The molecular weight excluding hydrogens is 322 g/mol. The summed E-state index contributed by atoms with van der Waals surface area (Å²) in [6.45, 7) is 1.93. The van der Waals surface area contributed by atoms with Crippen LogP contribution in [0.4, 0.5) is 8.78 Å². The number of halogens is 2. The van der Waals surface area contributed by atoms with Crippen LogP contribution < -0.4 is 0 Å². The summed E-state index contributed by atoms with van der Waals surface area (Å²) in [5.74, 6) is -2.12. The third kappa shape index (κ3) is 3.73. The Morgan fingerprint density at radius 3 is 1.72 bits per heavy atom. The summed E-state index contributed by atoms with van der Waals surface area (Å²) in [6, 6.07) is 10.8. The van der Waals surface area contributed by atoms with Gasteiger partial charge in [-0.1, -0.05) is 11.6 Å². The van der Waals surface area contributed by atoms with E-state index in [0.717, 1.165) is 5.57 Å². The lowest BCUT2D eigenvalue weighted by Gasteiger charge is -2.28. The van der Waals surface area contributed by atoms with Gasteiger partial charge < -0.3 is 0 Å². The zero-order valence-corrected chi connectivity index (χ0v) is 13.8. The number of carbonyl (C=O) groups excluding carboxylic acids is 2. The van der Waals surface area contributed by atoms with Crippen LogP contribution in [0.15, 0.2) is 60.2 Å². The van der Waals surface area contributed by atoms with E-state index in [4.69, 9.17) is 0 Å². The van der Waals surface area contributed by atoms with E-state index < -0.39 is 23.5 Å². The molecule has 4 heteroatoms. The van der Waals surface area contributed by atoms with E-state index in [1.54, 1.807) is 0 Å². The largest absolute Gasteiger partial charge is 0.294 e. The Balaban J connectivity index is 1.90. The van der Waals surface area contributed by atoms with E-state index in [2.05, 4.69) is 0 Å². The zero-order chi connectivity index (χ0) is 18.0. The Hall–Kier alpha value is -2.62. The first-order valence-electron chi connectivity index (χ1n) is 8.21. The molecular formula is C21H18F2O2. The lowest BCUT2D eigenvalue weighted by atomic mass is 9.73. The fourth-order valence-electron chi connectivity index (χ4n) is 3.29. The standard InChI is InChI=1S/C21H18F2O2/c1-13-2-11-18(20(24)14-3-7-16(22)8-4-14)19(12-13)21(25)15-5-9-17(23)10-6-15/h2-10,18-19H,11-12H2,1H3. The third-order valence-corrected chi connectivity index (χ3v) is 4.68. The molecule has 25 heavy (non-hydrogen) atoms. The molecule has 2 atom stereocenters. The van der Waals surface area contributed by atoms with Crippen LogP contribution in [0.5, 0.6) is 0 Å². The number of allylic oxidation sites excluding steroid dienone is 2. The second kappa shape index (κ2) is 7.09. The number of hydrogen-bond acceptors (Lipinski definition) is 2. The van der Waals surface area contributed by atoms with Crippen molar-refractivity contribution in [3.8, 4) is 0 Å². The lowest BCUT2D eigenvalue weighted by molar-refractivity contribution is 0.0757. The van der Waals surface area contributed by atoms with Crippen molar-refractivity contribution in [1.29, 1.82) is 0 Å². The molecule has 0 saturated heterocycles. The minimum Gasteiger partial charge on any atom is -0.294 e. The number of Topliss-reactive ketones (excluding diaryl/α,β-unsaturated/α-hetero) is 2. The molecule has 2 nitrogen and oxygen atoms in total. The Kier molecular flexibility index (Phi) is 4.88. The smallest absolute Gasteiger partial charge is 0.167 e. The first kappa shape index (κ1) is 17.2. The molecule has 0 saturated carbocycles. The molecule has 0 spiro atoms. The monoisotopic (exact) mass is 340 g/mol. The highest BCUT2D eigenvalue weighted by Gasteiger charge is 2.36. The molecule has 0 bridgehead atoms. The maximum absolute atomic E-state index is 13.1. The number of hydrogen-bond donors (Lipinski definition) is 0. The van der Waals surface area contributed by atoms with Gasteiger partial charge in [-0.15, -0.1) is 0 Å². The Bertz CT molecular complexity index is 820. The average Bonchev–Trinajstić information content (AvgIpc) is 2.62. The van der Waals surface area contributed by atoms with Crippen LogP contribution >= 0.6 is 0 Å². The van der Waals surface area contributed by atoms with Gasteiger partial charge in [0.15, 0.2) is 11.6 Å². The molecule has 3 rings (SSSR count). The molecule has 0 amide bonds. The summed E-state index contributed by atoms with van der Waals surface area (Å²) in [7, 11) is 0. The Labute approximate surface area is 145 Å². The Morgan fingerprint density at radius 1 is 0.800 bits per heavy atom. The van der Waals surface area contributed by atoms with Crippen molar-refractivity contribution in [2.75, 3.05) is 0 Å². The van der Waals surface area contributed by atoms with Gasteiger partial charge in [0.1, 0.15) is 11.6 Å². The molecule has 2 unspecified atom stereocenters. The van der Waals surface area contributed by atoms with Gasteiger partial charge in [-0.25, -0.2) is 8.78 Å². The van der Waals surface area contributed by atoms with Crippen LogP contribution in [-0.2, 0) is 0 Å². The highest BCUT2D eigenvalue weighted by atomic mass is 19.1. The SMILES string of the molecule is CC1=CCC(C(=O)c2ccc(F)cc2)C(C(=O)c2ccc(F)cc2)C1. The predicted molar refractivity (Wildman–Crippen MR) is 91.4 cm³/mol. The lowest BCUT2D eigenvalue weighted by Crippen LogP contribution is -2.32. The molecule has 1 aliphatic rings. The van der Waals surface area contributed by atoms with Crippen LogP contribution in [0.2, 0.25) is 0 Å². The predicted octanol–water partition coefficient (Wildman–Crippen LogP) is 5.00. The minimum absolute atomic E-state index is 0.159. The maximum Gasteiger partial charge on any atom is 0.167 e. The van der Waals surface area contributed by atoms with Gasteiger partial charge in [0.25, 0.3) is 0 Å². The van der Waals surface area contributed by atoms with Gasteiger partial charge >= 0.3 is 0 Å². The third-order valence-electron chi connectivity index (χ3n) is 4.68. The number of carbonyl (C=O) groups is 2. The zero-order valence-electron chi connectivity index (χ0n) is 13.8. The summed E-state index contributed by atoms with van der Waals surface area (Å²) in [5, 5.41) is 0. The molecule has 2 aromatic carbocycles. The number of ketones is 2. The summed E-state index contributed by atoms with van der Waals surface area (Å²) >= 11 is 0. The minimum atomic E-state index is -0.494. The van der Waals surface area contributed by atoms with Crippen LogP contribution in [0, 0.1) is 23.5 Å². The topological polar surface area (TPSA) is 34.1 Å². The van der Waals surface area contributed by atoms with Crippen molar-refractivity contribution in [3.05, 3.63) is 82.9 Å². The van der Waals surface area contributed by atoms with Gasteiger partial charge in [0, 0.05) is 23.0 Å². The molecule has 0 aliphatic heterocycles. The van der Waals surface area contributed by atoms with E-state index in [1.165, 1.54) is 48.5 Å². The Morgan fingerprint density at radius 2 is 1.24 bits per heavy atom. The quantitative estimate of drug-likeness (QED) is 0.579. The fraction of sp³-hybridized carbons (Fsp3) is 0.238. The molecule has 0 fully saturated rings. The molecule has 0 aromatic heterocycles. The first-order chi connectivity index (χ1) is 12.0. The normalized spacial score (nSPS) is 20.0. The van der Waals surface area contributed by atoms with Crippen molar-refractivity contribution in [2.24, 2.45) is 11.8 Å². The molecule has 128 valence electrons. The van der Waals surface area contributed by atoms with E-state index in [0.29, 0.717) is 24.0 Å². The van der Waals surface area contributed by atoms with Crippen LogP contribution in [0.25, 0.3) is 0 Å². The van der Waals surface area contributed by atoms with Gasteiger partial charge in [-0.05, 0) is 68.3 Å². The van der Waals surface area contributed by atoms with Gasteiger partial charge in [0.05, 0.1) is 0 Å². The van der Waals surface area contributed by atoms with E-state index >= 15 is 0 Å². The van der Waals surface area contributed by atoms with Crippen LogP contribution in [-0.4, -0.2) is 11.6 Å². The van der Waals surface area contributed by atoms with Crippen molar-refractivity contribution in [1.82, 2.24) is 0 Å². The summed E-state index contributed by atoms with van der Waals surface area (Å²) in [5.41, 5.74) is 1.86. The van der Waals surface area contributed by atoms with Crippen molar-refractivity contribution < 1.29 is 18.4 Å². The average molecular weight is 340 g/mol. The molecule has 0 N–H and O–H groups in total. The van der Waals surface area contributed by atoms with Crippen molar-refractivity contribution in [2.45, 2.75) is 19.8 Å². The highest BCUT2D eigenvalue weighted by Crippen LogP contribution is 2.34. The van der Waals surface area contributed by atoms with Gasteiger partial charge in [-0.3, -0.25) is 9.59 Å². The molecule has 2 aromatic rings. The van der Waals surface area contributed by atoms with E-state index in [1.807, 2.05) is 13.0 Å². The van der Waals surface area contributed by atoms with Crippen molar-refractivity contribution >= 4 is 11.6 Å². The van der Waals surface area contributed by atoms with E-state index in [-0.39, 0.29) is 11.6 Å². The number of rotatable bonds is 4. The molecule has 1 aliphatic carbocycles. The highest BCUT2D eigenvalue weighted by molar-refractivity contribution is 6.05. The molecule has 0 heterocycles. The van der Waals surface area contributed by atoms with Crippen molar-refractivity contribution in [3.63, 3.8) is 0 Å². The van der Waals surface area contributed by atoms with E-state index in [9.17, 15) is 18.4 Å². The second-order valence-corrected chi connectivity index (χ2v) is 6.45. The van der Waals surface area contributed by atoms with Crippen LogP contribution in [0.3, 0.4) is 0 Å². The summed E-state index contributed by atoms with van der Waals surface area (Å²) in [6.07, 6.45) is 2.94. The number of benzene rings is 2. The van der Waals surface area contributed by atoms with Gasteiger partial charge in [-0.2, -0.15) is 0 Å². The first-order valence-corrected chi connectivity index (χ1v) is 8.21. The van der Waals surface area contributed by atoms with Gasteiger partial charge in [0.2, 0.25) is 0 Å². The summed E-state index contributed by atoms with van der Waals surface area (Å²) < 4.78 is 26.2. The fourth-order valence-corrected chi connectivity index (χ4v) is 3.29. The molecule has 0 radical (unpaired) electrons. The second-order valence-electron chi connectivity index (χ2n) is 6.45.